The number of H-pyrrole nitrogens is 1. The van der Waals surface area contributed by atoms with Gasteiger partial charge in [-0.25, -0.2) is 0 Å². The Morgan fingerprint density at radius 2 is 2.00 bits per heavy atom. The van der Waals surface area contributed by atoms with Crippen LogP contribution >= 0.6 is 23.4 Å². The van der Waals surface area contributed by atoms with Crippen molar-refractivity contribution in [2.45, 2.75) is 48.9 Å². The van der Waals surface area contributed by atoms with E-state index in [1.165, 1.54) is 24.3 Å². The standard InChI is InChI=1S/C25H24ClF3N2O3S/c1-2-3-20(23(33)30-12-13-4-5-13)35-22-21(17-11-15(26)7-9-19(17)32)16-10-14(25(27,28)29)6-8-18(16)31-24(22)34/h6-11,13,20,32H,2-5,12H2,1H3,(H,30,33)(H,31,34). The third kappa shape index (κ3) is 5.78. The minimum atomic E-state index is -4.61. The molecule has 1 unspecified atom stereocenters. The van der Waals surface area contributed by atoms with Crippen molar-refractivity contribution in [1.82, 2.24) is 10.3 Å². The number of thioether (sulfide) groups is 1. The largest absolute Gasteiger partial charge is 0.507 e. The molecule has 0 saturated heterocycles. The number of halogens is 4. The molecule has 0 spiro atoms. The van der Waals surface area contributed by atoms with Crippen molar-refractivity contribution >= 4 is 40.2 Å². The van der Waals surface area contributed by atoms with Crippen molar-refractivity contribution in [3.05, 3.63) is 57.3 Å². The quantitative estimate of drug-likeness (QED) is 0.299. The van der Waals surface area contributed by atoms with Crippen LogP contribution in [0.1, 0.15) is 38.2 Å². The number of hydrogen-bond donors (Lipinski definition) is 3. The van der Waals surface area contributed by atoms with E-state index in [9.17, 15) is 27.9 Å². The van der Waals surface area contributed by atoms with Crippen LogP contribution < -0.4 is 10.9 Å². The fourth-order valence-corrected chi connectivity index (χ4v) is 5.36. The van der Waals surface area contributed by atoms with E-state index < -0.39 is 22.5 Å². The molecule has 3 aromatic rings. The number of benzene rings is 2. The Morgan fingerprint density at radius 1 is 1.26 bits per heavy atom. The van der Waals surface area contributed by atoms with Gasteiger partial charge in [-0.1, -0.05) is 24.9 Å². The normalized spacial score (nSPS) is 14.8. The molecule has 1 fully saturated rings. The number of fused-ring (bicyclic) bond motifs is 1. The van der Waals surface area contributed by atoms with E-state index in [0.29, 0.717) is 25.3 Å². The van der Waals surface area contributed by atoms with Gasteiger partial charge in [-0.15, -0.1) is 11.8 Å². The molecule has 0 radical (unpaired) electrons. The third-order valence-corrected chi connectivity index (χ3v) is 7.49. The van der Waals surface area contributed by atoms with Crippen molar-refractivity contribution < 1.29 is 23.1 Å². The van der Waals surface area contributed by atoms with Gasteiger partial charge in [-0.3, -0.25) is 9.59 Å². The number of aromatic hydroxyl groups is 1. The second-order valence-corrected chi connectivity index (χ2v) is 10.3. The minimum absolute atomic E-state index is 0.0504. The summed E-state index contributed by atoms with van der Waals surface area (Å²) < 4.78 is 40.6. The molecule has 10 heteroatoms. The first-order valence-electron chi connectivity index (χ1n) is 11.3. The van der Waals surface area contributed by atoms with Gasteiger partial charge in [0.05, 0.1) is 15.7 Å². The van der Waals surface area contributed by atoms with Crippen LogP contribution in [-0.2, 0) is 11.0 Å². The highest BCUT2D eigenvalue weighted by Crippen LogP contribution is 2.43. The molecule has 0 bridgehead atoms. The molecule has 2 aromatic carbocycles. The van der Waals surface area contributed by atoms with Crippen molar-refractivity contribution in [1.29, 1.82) is 0 Å². The third-order valence-electron chi connectivity index (χ3n) is 5.89. The van der Waals surface area contributed by atoms with Crippen molar-refractivity contribution in [2.24, 2.45) is 5.92 Å². The molecule has 1 aromatic heterocycles. The lowest BCUT2D eigenvalue weighted by molar-refractivity contribution is -0.137. The topological polar surface area (TPSA) is 82.2 Å². The Bertz CT molecular complexity index is 1320. The van der Waals surface area contributed by atoms with E-state index in [2.05, 4.69) is 10.3 Å². The van der Waals surface area contributed by atoms with Gasteiger partial charge in [-0.2, -0.15) is 13.2 Å². The van der Waals surface area contributed by atoms with Crippen LogP contribution in [0, 0.1) is 5.92 Å². The number of aromatic nitrogens is 1. The van der Waals surface area contributed by atoms with E-state index in [0.717, 1.165) is 36.7 Å². The zero-order chi connectivity index (χ0) is 25.3. The van der Waals surface area contributed by atoms with Crippen LogP contribution in [0.15, 0.2) is 46.1 Å². The average Bonchev–Trinajstić information content (AvgIpc) is 3.63. The first-order valence-corrected chi connectivity index (χ1v) is 12.5. The molecule has 0 aliphatic heterocycles. The summed E-state index contributed by atoms with van der Waals surface area (Å²) in [6.07, 6.45) is -1.36. The molecule has 1 aliphatic rings. The lowest BCUT2D eigenvalue weighted by atomic mass is 9.98. The summed E-state index contributed by atoms with van der Waals surface area (Å²) in [7, 11) is 0. The Hall–Kier alpha value is -2.65. The molecule has 186 valence electrons. The number of alkyl halides is 3. The van der Waals surface area contributed by atoms with Crippen molar-refractivity contribution in [3.8, 4) is 16.9 Å². The number of nitrogens with one attached hydrogen (secondary N) is 2. The number of pyridine rings is 1. The second kappa shape index (κ2) is 10.1. The SMILES string of the molecule is CCCC(Sc1c(-c2cc(Cl)ccc2O)c2cc(C(F)(F)F)ccc2[nH]c1=O)C(=O)NCC1CC1. The average molecular weight is 525 g/mol. The zero-order valence-corrected chi connectivity index (χ0v) is 20.4. The number of amides is 1. The van der Waals surface area contributed by atoms with Gasteiger partial charge in [-0.05, 0) is 61.6 Å². The second-order valence-electron chi connectivity index (χ2n) is 8.66. The monoisotopic (exact) mass is 524 g/mol. The number of hydrogen-bond acceptors (Lipinski definition) is 4. The summed E-state index contributed by atoms with van der Waals surface area (Å²) in [6.45, 7) is 2.47. The summed E-state index contributed by atoms with van der Waals surface area (Å²) in [5, 5.41) is 13.2. The van der Waals surface area contributed by atoms with Gasteiger partial charge < -0.3 is 15.4 Å². The molecular formula is C25H24ClF3N2O3S. The van der Waals surface area contributed by atoms with Crippen molar-refractivity contribution in [3.63, 3.8) is 0 Å². The molecule has 1 saturated carbocycles. The zero-order valence-electron chi connectivity index (χ0n) is 18.8. The Labute approximate surface area is 209 Å². The van der Waals surface area contributed by atoms with Gasteiger partial charge >= 0.3 is 6.18 Å². The van der Waals surface area contributed by atoms with Crippen LogP contribution in [0.25, 0.3) is 22.0 Å². The van der Waals surface area contributed by atoms with E-state index in [4.69, 9.17) is 11.6 Å². The maximum absolute atomic E-state index is 13.5. The molecule has 4 rings (SSSR count). The highest BCUT2D eigenvalue weighted by Gasteiger charge is 2.32. The van der Waals surface area contributed by atoms with E-state index in [1.807, 2.05) is 6.92 Å². The Balaban J connectivity index is 1.90. The number of aromatic amines is 1. The first-order chi connectivity index (χ1) is 16.6. The van der Waals surface area contributed by atoms with Crippen LogP contribution in [0.4, 0.5) is 13.2 Å². The molecule has 35 heavy (non-hydrogen) atoms. The summed E-state index contributed by atoms with van der Waals surface area (Å²) in [6, 6.07) is 7.17. The van der Waals surface area contributed by atoms with Gasteiger partial charge in [0, 0.05) is 33.6 Å². The van der Waals surface area contributed by atoms with E-state index >= 15 is 0 Å². The smallest absolute Gasteiger partial charge is 0.416 e. The summed E-state index contributed by atoms with van der Waals surface area (Å²) in [5.74, 6) is -0.00519. The van der Waals surface area contributed by atoms with Crippen molar-refractivity contribution in [2.75, 3.05) is 6.54 Å². The fraction of sp³-hybridized carbons (Fsp3) is 0.360. The van der Waals surface area contributed by atoms with E-state index in [-0.39, 0.29) is 43.6 Å². The van der Waals surface area contributed by atoms with Crippen LogP contribution in [0.2, 0.25) is 5.02 Å². The summed E-state index contributed by atoms with van der Waals surface area (Å²) >= 11 is 7.14. The summed E-state index contributed by atoms with van der Waals surface area (Å²) in [4.78, 5) is 28.8. The maximum atomic E-state index is 13.5. The number of phenolic OH excluding ortho intramolecular Hbond substituents is 1. The van der Waals surface area contributed by atoms with E-state index in [1.54, 1.807) is 0 Å². The fourth-order valence-electron chi connectivity index (χ4n) is 3.87. The Morgan fingerprint density at radius 3 is 2.66 bits per heavy atom. The number of rotatable bonds is 8. The van der Waals surface area contributed by atoms with Crippen LogP contribution in [-0.4, -0.2) is 27.8 Å². The highest BCUT2D eigenvalue weighted by atomic mass is 35.5. The predicted octanol–water partition coefficient (Wildman–Crippen LogP) is 6.36. The van der Waals surface area contributed by atoms with Gasteiger partial charge in [0.1, 0.15) is 5.75 Å². The predicted molar refractivity (Wildman–Crippen MR) is 132 cm³/mol. The lowest BCUT2D eigenvalue weighted by Crippen LogP contribution is -2.34. The molecule has 5 nitrogen and oxygen atoms in total. The van der Waals surface area contributed by atoms with Crippen LogP contribution in [0.3, 0.4) is 0 Å². The molecule has 1 heterocycles. The maximum Gasteiger partial charge on any atom is 0.416 e. The Kier molecular flexibility index (Phi) is 7.38. The lowest BCUT2D eigenvalue weighted by Gasteiger charge is -2.20. The van der Waals surface area contributed by atoms with Gasteiger partial charge in [0.25, 0.3) is 5.56 Å². The molecule has 1 amide bonds. The molecule has 1 aliphatic carbocycles. The van der Waals surface area contributed by atoms with Gasteiger partial charge in [0.2, 0.25) is 5.91 Å². The molecular weight excluding hydrogens is 501 g/mol. The minimum Gasteiger partial charge on any atom is -0.507 e. The highest BCUT2D eigenvalue weighted by molar-refractivity contribution is 8.00. The first kappa shape index (κ1) is 25.4. The molecule has 3 N–H and O–H groups in total. The summed E-state index contributed by atoms with van der Waals surface area (Å²) in [5.41, 5.74) is -1.07. The molecule has 1 atom stereocenters. The van der Waals surface area contributed by atoms with Crippen LogP contribution in [0.5, 0.6) is 5.75 Å². The number of carbonyl (C=O) groups is 1. The number of carbonyl (C=O) groups excluding carboxylic acids is 1. The number of phenols is 1. The van der Waals surface area contributed by atoms with Gasteiger partial charge in [0.15, 0.2) is 0 Å².